The summed E-state index contributed by atoms with van der Waals surface area (Å²) in [6.07, 6.45) is -0.665. The molecule has 182 valence electrons. The molecule has 1 unspecified atom stereocenters. The number of carbonyl (C=O) groups excluding carboxylic acids is 2. The smallest absolute Gasteiger partial charge is 0.412 e. The molecule has 1 aromatic carbocycles. The van der Waals surface area contributed by atoms with Crippen LogP contribution in [0.15, 0.2) is 29.1 Å². The monoisotopic (exact) mass is 479 g/mol. The molecule has 1 atom stereocenters. The summed E-state index contributed by atoms with van der Waals surface area (Å²) < 4.78 is 12.0. The molecule has 2 aromatic heterocycles. The van der Waals surface area contributed by atoms with E-state index >= 15 is 0 Å². The third-order valence-electron chi connectivity index (χ3n) is 6.30. The Morgan fingerprint density at radius 2 is 2.00 bits per heavy atom. The molecule has 10 heteroatoms. The topological polar surface area (TPSA) is 140 Å². The summed E-state index contributed by atoms with van der Waals surface area (Å²) in [6, 6.07) is 6.15. The van der Waals surface area contributed by atoms with Crippen molar-refractivity contribution in [1.82, 2.24) is 9.55 Å². The van der Waals surface area contributed by atoms with E-state index in [9.17, 15) is 24.6 Å². The molecule has 3 N–H and O–H groups in total. The van der Waals surface area contributed by atoms with Gasteiger partial charge in [-0.15, -0.1) is 0 Å². The number of cyclic esters (lactones) is 1. The number of benzene rings is 1. The number of pyridine rings is 2. The number of nitrogens with one attached hydrogen (secondary N) is 1. The van der Waals surface area contributed by atoms with Crippen LogP contribution >= 0.6 is 0 Å². The lowest BCUT2D eigenvalue weighted by Gasteiger charge is -2.31. The van der Waals surface area contributed by atoms with Crippen LogP contribution in [0.1, 0.15) is 50.8 Å². The standard InChI is InChI=1S/C25H25N3O7/c1-5-25(33)16-9-18-20-14(10-28(18)21(30)15(16)11-34-22(25)31)19(27-23(32)35-24(2,3)4)13-8-12(29)6-7-17(13)26-20/h6-9,29,33H,5,10-11H2,1-4H3,(H,26,27,32). The zero-order valence-corrected chi connectivity index (χ0v) is 19.8. The van der Waals surface area contributed by atoms with Gasteiger partial charge in [-0.1, -0.05) is 6.92 Å². The zero-order chi connectivity index (χ0) is 25.3. The second-order valence-electron chi connectivity index (χ2n) is 9.75. The van der Waals surface area contributed by atoms with E-state index in [-0.39, 0.29) is 36.4 Å². The minimum Gasteiger partial charge on any atom is -0.508 e. The zero-order valence-electron chi connectivity index (χ0n) is 19.8. The van der Waals surface area contributed by atoms with Crippen LogP contribution < -0.4 is 10.9 Å². The molecule has 0 bridgehead atoms. The third-order valence-corrected chi connectivity index (χ3v) is 6.30. The number of amides is 1. The number of esters is 1. The van der Waals surface area contributed by atoms with Crippen LogP contribution in [0, 0.1) is 0 Å². The van der Waals surface area contributed by atoms with E-state index in [1.807, 2.05) is 0 Å². The van der Waals surface area contributed by atoms with Crippen molar-refractivity contribution in [2.24, 2.45) is 0 Å². The first-order valence-corrected chi connectivity index (χ1v) is 11.3. The summed E-state index contributed by atoms with van der Waals surface area (Å²) in [5.74, 6) is -0.817. The number of phenolic OH excluding ortho intramolecular Hbond substituents is 1. The quantitative estimate of drug-likeness (QED) is 0.373. The minimum absolute atomic E-state index is 0.0155. The van der Waals surface area contributed by atoms with Crippen LogP contribution in [0.3, 0.4) is 0 Å². The maximum atomic E-state index is 13.4. The second kappa shape index (κ2) is 7.54. The fourth-order valence-corrected chi connectivity index (χ4v) is 4.62. The average Bonchev–Trinajstić information content (AvgIpc) is 3.14. The summed E-state index contributed by atoms with van der Waals surface area (Å²) >= 11 is 0. The normalized spacial score (nSPS) is 18.5. The third kappa shape index (κ3) is 3.52. The lowest BCUT2D eigenvalue weighted by molar-refractivity contribution is -0.172. The predicted molar refractivity (Wildman–Crippen MR) is 126 cm³/mol. The molecular weight excluding hydrogens is 454 g/mol. The number of hydrogen-bond acceptors (Lipinski definition) is 8. The number of aromatic nitrogens is 2. The second-order valence-corrected chi connectivity index (χ2v) is 9.75. The van der Waals surface area contributed by atoms with Crippen LogP contribution in [-0.4, -0.2) is 37.4 Å². The number of hydrogen-bond donors (Lipinski definition) is 3. The van der Waals surface area contributed by atoms with Crippen LogP contribution in [0.5, 0.6) is 5.75 Å². The Morgan fingerprint density at radius 3 is 2.69 bits per heavy atom. The fraction of sp³-hybridized carbons (Fsp3) is 0.360. The molecule has 0 aliphatic carbocycles. The minimum atomic E-state index is -1.94. The van der Waals surface area contributed by atoms with Crippen molar-refractivity contribution < 1.29 is 29.3 Å². The number of fused-ring (bicyclic) bond motifs is 5. The summed E-state index contributed by atoms with van der Waals surface area (Å²) in [6.45, 7) is 6.70. The van der Waals surface area contributed by atoms with Gasteiger partial charge < -0.3 is 24.3 Å². The van der Waals surface area contributed by atoms with Gasteiger partial charge >= 0.3 is 12.1 Å². The summed E-state index contributed by atoms with van der Waals surface area (Å²) in [5, 5.41) is 24.4. The molecule has 10 nitrogen and oxygen atoms in total. The van der Waals surface area contributed by atoms with Gasteiger partial charge in [-0.05, 0) is 51.5 Å². The first kappa shape index (κ1) is 22.9. The molecule has 5 rings (SSSR count). The van der Waals surface area contributed by atoms with Crippen LogP contribution in [0.25, 0.3) is 22.3 Å². The number of rotatable bonds is 2. The van der Waals surface area contributed by atoms with Gasteiger partial charge in [0.2, 0.25) is 0 Å². The molecule has 1 amide bonds. The van der Waals surface area contributed by atoms with E-state index in [0.29, 0.717) is 33.5 Å². The number of carbonyl (C=O) groups is 2. The number of phenols is 1. The highest BCUT2D eigenvalue weighted by atomic mass is 16.6. The highest BCUT2D eigenvalue weighted by Crippen LogP contribution is 2.42. The van der Waals surface area contributed by atoms with E-state index in [0.717, 1.165) is 0 Å². The van der Waals surface area contributed by atoms with E-state index in [1.54, 1.807) is 39.8 Å². The van der Waals surface area contributed by atoms with Crippen molar-refractivity contribution in [1.29, 1.82) is 0 Å². The highest BCUT2D eigenvalue weighted by molar-refractivity contribution is 6.03. The number of ether oxygens (including phenoxy) is 2. The van der Waals surface area contributed by atoms with Crippen molar-refractivity contribution >= 4 is 28.7 Å². The maximum Gasteiger partial charge on any atom is 0.412 e. The summed E-state index contributed by atoms with van der Waals surface area (Å²) in [7, 11) is 0. The van der Waals surface area contributed by atoms with Crippen molar-refractivity contribution in [2.45, 2.75) is 58.5 Å². The van der Waals surface area contributed by atoms with Gasteiger partial charge in [0.05, 0.1) is 34.7 Å². The van der Waals surface area contributed by atoms with Gasteiger partial charge in [0.15, 0.2) is 5.60 Å². The molecule has 3 aromatic rings. The van der Waals surface area contributed by atoms with Gasteiger partial charge in [0, 0.05) is 16.5 Å². The molecule has 35 heavy (non-hydrogen) atoms. The largest absolute Gasteiger partial charge is 0.508 e. The molecular formula is C25H25N3O7. The molecule has 2 aliphatic rings. The Labute approximate surface area is 200 Å². The van der Waals surface area contributed by atoms with Crippen molar-refractivity contribution in [3.8, 4) is 17.1 Å². The molecule has 4 heterocycles. The molecule has 0 radical (unpaired) electrons. The summed E-state index contributed by atoms with van der Waals surface area (Å²) in [5.41, 5.74) is -0.487. The van der Waals surface area contributed by atoms with Gasteiger partial charge in [-0.3, -0.25) is 10.1 Å². The number of nitrogens with zero attached hydrogens (tertiary/aromatic N) is 2. The fourth-order valence-electron chi connectivity index (χ4n) is 4.62. The highest BCUT2D eigenvalue weighted by Gasteiger charge is 2.45. The van der Waals surface area contributed by atoms with Crippen molar-refractivity contribution in [3.63, 3.8) is 0 Å². The van der Waals surface area contributed by atoms with E-state index in [2.05, 4.69) is 5.32 Å². The van der Waals surface area contributed by atoms with Gasteiger partial charge in [0.25, 0.3) is 5.56 Å². The first-order valence-electron chi connectivity index (χ1n) is 11.3. The van der Waals surface area contributed by atoms with Crippen LogP contribution in [-0.2, 0) is 33.0 Å². The SMILES string of the molecule is CCC1(O)C(=O)OCc2c1cc1n(c2=O)Cc2c-1nc1ccc(O)cc1c2NC(=O)OC(C)(C)C. The Balaban J connectivity index is 1.74. The molecule has 0 saturated carbocycles. The lowest BCUT2D eigenvalue weighted by atomic mass is 9.86. The Bertz CT molecular complexity index is 1490. The molecule has 2 aliphatic heterocycles. The Kier molecular flexibility index (Phi) is 4.92. The van der Waals surface area contributed by atoms with E-state index in [4.69, 9.17) is 14.5 Å². The van der Waals surface area contributed by atoms with E-state index < -0.39 is 28.8 Å². The number of aliphatic hydroxyl groups is 1. The van der Waals surface area contributed by atoms with Crippen LogP contribution in [0.2, 0.25) is 0 Å². The Morgan fingerprint density at radius 1 is 1.26 bits per heavy atom. The van der Waals surface area contributed by atoms with E-state index in [1.165, 1.54) is 16.7 Å². The predicted octanol–water partition coefficient (Wildman–Crippen LogP) is 3.13. The molecule has 0 fully saturated rings. The summed E-state index contributed by atoms with van der Waals surface area (Å²) in [4.78, 5) is 43.2. The average molecular weight is 479 g/mol. The Hall–Kier alpha value is -3.92. The lowest BCUT2D eigenvalue weighted by Crippen LogP contribution is -2.44. The van der Waals surface area contributed by atoms with Crippen molar-refractivity contribution in [3.05, 3.63) is 51.3 Å². The molecule has 0 saturated heterocycles. The number of aromatic hydroxyl groups is 1. The van der Waals surface area contributed by atoms with Crippen molar-refractivity contribution in [2.75, 3.05) is 5.32 Å². The first-order chi connectivity index (χ1) is 16.4. The van der Waals surface area contributed by atoms with Gasteiger partial charge in [-0.25, -0.2) is 14.6 Å². The molecule has 0 spiro atoms. The van der Waals surface area contributed by atoms with Gasteiger partial charge in [0.1, 0.15) is 18.0 Å². The van der Waals surface area contributed by atoms with Gasteiger partial charge in [-0.2, -0.15) is 0 Å². The number of anilines is 1. The van der Waals surface area contributed by atoms with Crippen LogP contribution in [0.4, 0.5) is 10.5 Å². The maximum absolute atomic E-state index is 13.4.